The van der Waals surface area contributed by atoms with Crippen LogP contribution in [0.15, 0.2) is 36.7 Å². The predicted molar refractivity (Wildman–Crippen MR) is 132 cm³/mol. The fraction of sp³-hybridized carbons (Fsp3) is 0.480. The molecular weight excluding hydrogens is 430 g/mol. The molecule has 0 unspecified atom stereocenters. The van der Waals surface area contributed by atoms with Crippen molar-refractivity contribution in [3.63, 3.8) is 0 Å². The lowest BCUT2D eigenvalue weighted by atomic mass is 9.68. The van der Waals surface area contributed by atoms with Gasteiger partial charge in [-0.05, 0) is 54.9 Å². The summed E-state index contributed by atoms with van der Waals surface area (Å²) in [5.41, 5.74) is 4.11. The maximum atomic E-state index is 12.5. The van der Waals surface area contributed by atoms with E-state index >= 15 is 0 Å². The van der Waals surface area contributed by atoms with Crippen LogP contribution in [0.1, 0.15) is 25.7 Å². The highest BCUT2D eigenvalue weighted by Gasteiger charge is 2.40. The minimum absolute atomic E-state index is 0.128. The molecule has 2 saturated heterocycles. The standard InChI is InChI=1S/C25H31N7O2/c33-24(30-19-5-7-25(8-6-19)14-26-15-25)29-18-3-1-17(2-4-18)21-13-20-22(31-21)27-16-28-23(20)32-9-11-34-12-10-32/h1-4,13,16,19,26H,5-12,14-15H2,(H,27,28,31)(H2,29,30,33). The summed E-state index contributed by atoms with van der Waals surface area (Å²) in [5.74, 6) is 0.938. The van der Waals surface area contributed by atoms with Gasteiger partial charge in [-0.15, -0.1) is 0 Å². The van der Waals surface area contributed by atoms with Crippen molar-refractivity contribution in [2.45, 2.75) is 31.7 Å². The van der Waals surface area contributed by atoms with Crippen molar-refractivity contribution in [2.24, 2.45) is 5.41 Å². The van der Waals surface area contributed by atoms with Crippen LogP contribution < -0.4 is 20.9 Å². The van der Waals surface area contributed by atoms with E-state index in [4.69, 9.17) is 4.74 Å². The molecule has 4 N–H and O–H groups in total. The first-order valence-electron chi connectivity index (χ1n) is 12.2. The first kappa shape index (κ1) is 21.4. The van der Waals surface area contributed by atoms with Crippen LogP contribution in [0.5, 0.6) is 0 Å². The van der Waals surface area contributed by atoms with Crippen LogP contribution in [-0.2, 0) is 4.74 Å². The number of nitrogens with one attached hydrogen (secondary N) is 4. The number of nitrogens with zero attached hydrogens (tertiary/aromatic N) is 3. The fourth-order valence-electron chi connectivity index (χ4n) is 5.40. The number of morpholine rings is 1. The molecule has 3 fully saturated rings. The number of fused-ring (bicyclic) bond motifs is 1. The average Bonchev–Trinajstić information content (AvgIpc) is 3.29. The monoisotopic (exact) mass is 461 g/mol. The first-order valence-corrected chi connectivity index (χ1v) is 12.2. The third-order valence-electron chi connectivity index (χ3n) is 7.55. The van der Waals surface area contributed by atoms with Crippen molar-refractivity contribution in [1.82, 2.24) is 25.6 Å². The summed E-state index contributed by atoms with van der Waals surface area (Å²) in [6.45, 7) is 5.35. The Labute approximate surface area is 198 Å². The fourth-order valence-corrected chi connectivity index (χ4v) is 5.40. The number of urea groups is 1. The van der Waals surface area contributed by atoms with E-state index in [0.717, 1.165) is 72.8 Å². The van der Waals surface area contributed by atoms with E-state index < -0.39 is 0 Å². The Hall–Kier alpha value is -3.17. The molecule has 9 heteroatoms. The lowest BCUT2D eigenvalue weighted by Crippen LogP contribution is -2.56. The zero-order valence-electron chi connectivity index (χ0n) is 19.3. The van der Waals surface area contributed by atoms with Crippen molar-refractivity contribution in [2.75, 3.05) is 49.6 Å². The number of carbonyl (C=O) groups is 1. The van der Waals surface area contributed by atoms with Crippen LogP contribution >= 0.6 is 0 Å². The SMILES string of the molecule is O=C(Nc1ccc(-c2cc3c(N4CCOCC4)ncnc3[nH]2)cc1)NC1CCC2(CC1)CNC2. The number of benzene rings is 1. The van der Waals surface area contributed by atoms with E-state index in [1.807, 2.05) is 24.3 Å². The highest BCUT2D eigenvalue weighted by molar-refractivity contribution is 5.93. The molecule has 4 heterocycles. The molecule has 9 nitrogen and oxygen atoms in total. The molecule has 0 radical (unpaired) electrons. The number of aromatic nitrogens is 3. The Morgan fingerprint density at radius 3 is 2.56 bits per heavy atom. The van der Waals surface area contributed by atoms with Crippen molar-refractivity contribution >= 4 is 28.6 Å². The number of hydrogen-bond acceptors (Lipinski definition) is 6. The molecule has 178 valence electrons. The van der Waals surface area contributed by atoms with Gasteiger partial charge >= 0.3 is 6.03 Å². The van der Waals surface area contributed by atoms with Gasteiger partial charge in [-0.25, -0.2) is 14.8 Å². The van der Waals surface area contributed by atoms with Crippen LogP contribution in [0.25, 0.3) is 22.3 Å². The summed E-state index contributed by atoms with van der Waals surface area (Å²) in [5, 5.41) is 10.5. The van der Waals surface area contributed by atoms with Gasteiger partial charge in [0.2, 0.25) is 0 Å². The summed E-state index contributed by atoms with van der Waals surface area (Å²) in [4.78, 5) is 27.1. The summed E-state index contributed by atoms with van der Waals surface area (Å²) < 4.78 is 5.47. The van der Waals surface area contributed by atoms with Gasteiger partial charge in [-0.3, -0.25) is 0 Å². The number of carbonyl (C=O) groups excluding carboxylic acids is 1. The molecular formula is C25H31N7O2. The van der Waals surface area contributed by atoms with Gasteiger partial charge in [-0.2, -0.15) is 0 Å². The lowest BCUT2D eigenvalue weighted by molar-refractivity contribution is 0.0933. The number of H-pyrrole nitrogens is 1. The second kappa shape index (κ2) is 8.88. The molecule has 6 rings (SSSR count). The normalized spacial score (nSPS) is 20.3. The third kappa shape index (κ3) is 4.21. The van der Waals surface area contributed by atoms with E-state index in [1.165, 1.54) is 12.8 Å². The van der Waals surface area contributed by atoms with Crippen molar-refractivity contribution < 1.29 is 9.53 Å². The quantitative estimate of drug-likeness (QED) is 0.476. The van der Waals surface area contributed by atoms with Crippen LogP contribution in [0.4, 0.5) is 16.3 Å². The zero-order chi connectivity index (χ0) is 23.0. The lowest BCUT2D eigenvalue weighted by Gasteiger charge is -2.47. The summed E-state index contributed by atoms with van der Waals surface area (Å²) in [6.07, 6.45) is 6.12. The van der Waals surface area contributed by atoms with Crippen LogP contribution in [0, 0.1) is 5.41 Å². The molecule has 2 aliphatic heterocycles. The van der Waals surface area contributed by atoms with E-state index in [1.54, 1.807) is 6.33 Å². The molecule has 2 amide bonds. The van der Waals surface area contributed by atoms with Crippen LogP contribution in [0.2, 0.25) is 0 Å². The van der Waals surface area contributed by atoms with E-state index in [9.17, 15) is 4.79 Å². The number of hydrogen-bond donors (Lipinski definition) is 4. The molecule has 3 aliphatic rings. The summed E-state index contributed by atoms with van der Waals surface area (Å²) in [6, 6.07) is 10.1. The molecule has 1 saturated carbocycles. The van der Waals surface area contributed by atoms with Gasteiger partial charge in [-0.1, -0.05) is 12.1 Å². The first-order chi connectivity index (χ1) is 16.7. The number of rotatable bonds is 4. The molecule has 2 aromatic heterocycles. The van der Waals surface area contributed by atoms with Gasteiger partial charge in [0.05, 0.1) is 18.6 Å². The number of anilines is 2. The molecule has 1 aliphatic carbocycles. The van der Waals surface area contributed by atoms with Gasteiger partial charge in [0.25, 0.3) is 0 Å². The Morgan fingerprint density at radius 2 is 1.85 bits per heavy atom. The number of amides is 2. The second-order valence-electron chi connectivity index (χ2n) is 9.80. The van der Waals surface area contributed by atoms with Gasteiger partial charge < -0.3 is 30.6 Å². The van der Waals surface area contributed by atoms with E-state index in [-0.39, 0.29) is 12.1 Å². The minimum atomic E-state index is -0.128. The summed E-state index contributed by atoms with van der Waals surface area (Å²) >= 11 is 0. The van der Waals surface area contributed by atoms with Crippen molar-refractivity contribution in [3.8, 4) is 11.3 Å². The minimum Gasteiger partial charge on any atom is -0.378 e. The highest BCUT2D eigenvalue weighted by atomic mass is 16.5. The van der Waals surface area contributed by atoms with Crippen LogP contribution in [0.3, 0.4) is 0 Å². The molecule has 1 aromatic carbocycles. The molecule has 0 atom stereocenters. The largest absolute Gasteiger partial charge is 0.378 e. The van der Waals surface area contributed by atoms with E-state index in [0.29, 0.717) is 18.6 Å². The van der Waals surface area contributed by atoms with Crippen molar-refractivity contribution in [3.05, 3.63) is 36.7 Å². The Bertz CT molecular complexity index is 1160. The molecule has 3 aromatic rings. The van der Waals surface area contributed by atoms with Crippen LogP contribution in [-0.4, -0.2) is 66.4 Å². The highest BCUT2D eigenvalue weighted by Crippen LogP contribution is 2.39. The summed E-state index contributed by atoms with van der Waals surface area (Å²) in [7, 11) is 0. The Morgan fingerprint density at radius 1 is 1.09 bits per heavy atom. The number of aromatic amines is 1. The smallest absolute Gasteiger partial charge is 0.319 e. The molecule has 0 bridgehead atoms. The predicted octanol–water partition coefficient (Wildman–Crippen LogP) is 3.12. The molecule has 34 heavy (non-hydrogen) atoms. The van der Waals surface area contributed by atoms with Gasteiger partial charge in [0.1, 0.15) is 17.8 Å². The number of ether oxygens (including phenoxy) is 1. The maximum absolute atomic E-state index is 12.5. The Kier molecular flexibility index (Phi) is 5.58. The molecule has 1 spiro atoms. The third-order valence-corrected chi connectivity index (χ3v) is 7.55. The van der Waals surface area contributed by atoms with Crippen molar-refractivity contribution in [1.29, 1.82) is 0 Å². The van der Waals surface area contributed by atoms with E-state index in [2.05, 4.69) is 41.9 Å². The average molecular weight is 462 g/mol. The second-order valence-corrected chi connectivity index (χ2v) is 9.80. The maximum Gasteiger partial charge on any atom is 0.319 e. The topological polar surface area (TPSA) is 107 Å². The Balaban J connectivity index is 1.10. The zero-order valence-corrected chi connectivity index (χ0v) is 19.3. The van der Waals surface area contributed by atoms with Gasteiger partial charge in [0, 0.05) is 43.6 Å². The van der Waals surface area contributed by atoms with Gasteiger partial charge in [0.15, 0.2) is 0 Å².